The molecule has 1 N–H and O–H groups in total. The lowest BCUT2D eigenvalue weighted by molar-refractivity contribution is -0.127. The Bertz CT molecular complexity index is 772. The van der Waals surface area contributed by atoms with Crippen LogP contribution in [0, 0.1) is 18.7 Å². The van der Waals surface area contributed by atoms with Crippen LogP contribution in [-0.4, -0.2) is 67.0 Å². The molecule has 3 saturated heterocycles. The number of anilines is 1. The summed E-state index contributed by atoms with van der Waals surface area (Å²) in [5.74, 6) is -0.166. The molecule has 1 unspecified atom stereocenters. The minimum atomic E-state index is -0.206. The minimum Gasteiger partial charge on any atom is -0.367 e. The lowest BCUT2D eigenvalue weighted by Gasteiger charge is -2.37. The second-order valence-corrected chi connectivity index (χ2v) is 8.99. The number of urea groups is 1. The minimum absolute atomic E-state index is 0.0374. The number of likely N-dealkylation sites (tertiary alicyclic amines) is 2. The highest BCUT2D eigenvalue weighted by atomic mass is 19.1. The maximum Gasteiger partial charge on any atom is 0.319 e. The predicted octanol–water partition coefficient (Wildman–Crippen LogP) is 3.15. The molecule has 3 aliphatic rings. The van der Waals surface area contributed by atoms with Gasteiger partial charge in [0.15, 0.2) is 0 Å². The zero-order valence-electron chi connectivity index (χ0n) is 17.9. The van der Waals surface area contributed by atoms with Gasteiger partial charge in [-0.2, -0.15) is 0 Å². The first-order valence-corrected chi connectivity index (χ1v) is 11.4. The Hall–Kier alpha value is -2.31. The number of rotatable bonds is 3. The zero-order valence-corrected chi connectivity index (χ0v) is 17.9. The van der Waals surface area contributed by atoms with Gasteiger partial charge >= 0.3 is 6.03 Å². The van der Waals surface area contributed by atoms with Crippen molar-refractivity contribution < 1.29 is 14.0 Å². The van der Waals surface area contributed by atoms with E-state index < -0.39 is 0 Å². The number of halogens is 1. The normalized spacial score (nSPS) is 23.0. The quantitative estimate of drug-likeness (QED) is 0.824. The fraction of sp³-hybridized carbons (Fsp3) is 0.652. The first-order chi connectivity index (χ1) is 14.5. The van der Waals surface area contributed by atoms with Crippen molar-refractivity contribution in [2.45, 2.75) is 51.5 Å². The van der Waals surface area contributed by atoms with Crippen LogP contribution in [0.25, 0.3) is 0 Å². The van der Waals surface area contributed by atoms with Crippen molar-refractivity contribution in [2.75, 3.05) is 44.2 Å². The van der Waals surface area contributed by atoms with Crippen LogP contribution in [0.4, 0.5) is 14.9 Å². The number of piperidine rings is 2. The molecule has 3 aliphatic heterocycles. The number of carbonyl (C=O) groups excluding carboxylic acids is 2. The van der Waals surface area contributed by atoms with Crippen LogP contribution in [0.15, 0.2) is 18.2 Å². The largest absolute Gasteiger partial charge is 0.367 e. The Morgan fingerprint density at radius 2 is 1.67 bits per heavy atom. The number of nitrogens with one attached hydrogen (secondary N) is 1. The number of hydrogen-bond acceptors (Lipinski definition) is 3. The molecule has 1 atom stereocenters. The van der Waals surface area contributed by atoms with Crippen LogP contribution in [0.1, 0.15) is 44.1 Å². The van der Waals surface area contributed by atoms with Gasteiger partial charge in [0, 0.05) is 51.2 Å². The number of aryl methyl sites for hydroxylation is 1. The average molecular weight is 417 g/mol. The molecule has 0 saturated carbocycles. The molecule has 30 heavy (non-hydrogen) atoms. The van der Waals surface area contributed by atoms with E-state index in [0.29, 0.717) is 38.2 Å². The van der Waals surface area contributed by atoms with E-state index in [1.807, 2.05) is 27.7 Å². The first-order valence-electron chi connectivity index (χ1n) is 11.4. The van der Waals surface area contributed by atoms with E-state index in [1.165, 1.54) is 6.07 Å². The number of benzene rings is 1. The zero-order chi connectivity index (χ0) is 21.1. The van der Waals surface area contributed by atoms with E-state index in [2.05, 4.69) is 5.32 Å². The fourth-order valence-corrected chi connectivity index (χ4v) is 4.94. The standard InChI is InChI=1S/C23H33FN4O2/c1-17-6-7-20(24)21(15-17)28-12-4-5-19(16-28)25-22(29)18-8-13-27(14-9-18)23(30)26-10-2-3-11-26/h6-7,15,18-19H,2-5,8-14,16H2,1H3,(H,25,29). The van der Waals surface area contributed by atoms with Crippen molar-refractivity contribution >= 4 is 17.6 Å². The van der Waals surface area contributed by atoms with E-state index >= 15 is 0 Å². The summed E-state index contributed by atoms with van der Waals surface area (Å²) in [5, 5.41) is 3.20. The summed E-state index contributed by atoms with van der Waals surface area (Å²) in [6.45, 7) is 6.43. The van der Waals surface area contributed by atoms with Crippen LogP contribution in [0.5, 0.6) is 0 Å². The molecule has 1 aromatic carbocycles. The maximum atomic E-state index is 14.3. The van der Waals surface area contributed by atoms with Crippen LogP contribution in [-0.2, 0) is 4.79 Å². The Labute approximate surface area is 178 Å². The molecular formula is C23H33FN4O2. The molecule has 164 valence electrons. The van der Waals surface area contributed by atoms with Crippen molar-refractivity contribution in [1.29, 1.82) is 0 Å². The molecule has 1 aromatic rings. The van der Waals surface area contributed by atoms with Gasteiger partial charge in [-0.15, -0.1) is 0 Å². The Kier molecular flexibility index (Phi) is 6.44. The molecule has 0 aliphatic carbocycles. The monoisotopic (exact) mass is 416 g/mol. The second kappa shape index (κ2) is 9.23. The highest BCUT2D eigenvalue weighted by Crippen LogP contribution is 2.25. The number of amides is 3. The maximum absolute atomic E-state index is 14.3. The molecule has 3 amide bonds. The van der Waals surface area contributed by atoms with Crippen molar-refractivity contribution in [3.8, 4) is 0 Å². The molecule has 0 spiro atoms. The summed E-state index contributed by atoms with van der Waals surface area (Å²) in [6.07, 6.45) is 5.47. The van der Waals surface area contributed by atoms with Gasteiger partial charge in [-0.25, -0.2) is 9.18 Å². The molecular weight excluding hydrogens is 383 g/mol. The van der Waals surface area contributed by atoms with Crippen LogP contribution < -0.4 is 10.2 Å². The van der Waals surface area contributed by atoms with Gasteiger partial charge in [0.2, 0.25) is 5.91 Å². The number of carbonyl (C=O) groups is 2. The van der Waals surface area contributed by atoms with Crippen LogP contribution >= 0.6 is 0 Å². The van der Waals surface area contributed by atoms with Crippen LogP contribution in [0.3, 0.4) is 0 Å². The van der Waals surface area contributed by atoms with Crippen molar-refractivity contribution in [3.63, 3.8) is 0 Å². The van der Waals surface area contributed by atoms with Gasteiger partial charge in [-0.1, -0.05) is 6.07 Å². The third-order valence-corrected chi connectivity index (χ3v) is 6.72. The fourth-order valence-electron chi connectivity index (χ4n) is 4.94. The molecule has 3 heterocycles. The highest BCUT2D eigenvalue weighted by molar-refractivity contribution is 5.80. The van der Waals surface area contributed by atoms with Gasteiger partial charge in [-0.3, -0.25) is 4.79 Å². The third kappa shape index (κ3) is 4.71. The highest BCUT2D eigenvalue weighted by Gasteiger charge is 2.32. The van der Waals surface area contributed by atoms with E-state index in [0.717, 1.165) is 50.9 Å². The van der Waals surface area contributed by atoms with Gasteiger partial charge in [0.05, 0.1) is 5.69 Å². The molecule has 0 aromatic heterocycles. The molecule has 3 fully saturated rings. The van der Waals surface area contributed by atoms with Crippen molar-refractivity contribution in [2.24, 2.45) is 5.92 Å². The van der Waals surface area contributed by atoms with E-state index in [-0.39, 0.29) is 29.7 Å². The van der Waals surface area contributed by atoms with Crippen molar-refractivity contribution in [1.82, 2.24) is 15.1 Å². The smallest absolute Gasteiger partial charge is 0.319 e. The molecule has 0 radical (unpaired) electrons. The van der Waals surface area contributed by atoms with E-state index in [4.69, 9.17) is 0 Å². The van der Waals surface area contributed by atoms with Gasteiger partial charge in [0.1, 0.15) is 5.82 Å². The first kappa shape index (κ1) is 20.9. The summed E-state index contributed by atoms with van der Waals surface area (Å²) in [5.41, 5.74) is 1.66. The molecule has 7 heteroatoms. The molecule has 4 rings (SSSR count). The van der Waals surface area contributed by atoms with E-state index in [9.17, 15) is 14.0 Å². The van der Waals surface area contributed by atoms with Gasteiger partial charge in [0.25, 0.3) is 0 Å². The van der Waals surface area contributed by atoms with Gasteiger partial charge in [-0.05, 0) is 63.1 Å². The Morgan fingerprint density at radius 3 is 2.40 bits per heavy atom. The third-order valence-electron chi connectivity index (χ3n) is 6.72. The molecule has 0 bridgehead atoms. The summed E-state index contributed by atoms with van der Waals surface area (Å²) in [7, 11) is 0. The van der Waals surface area contributed by atoms with Gasteiger partial charge < -0.3 is 20.0 Å². The predicted molar refractivity (Wildman–Crippen MR) is 115 cm³/mol. The van der Waals surface area contributed by atoms with Crippen LogP contribution in [0.2, 0.25) is 0 Å². The lowest BCUT2D eigenvalue weighted by atomic mass is 9.95. The summed E-state index contributed by atoms with van der Waals surface area (Å²) in [6, 6.07) is 5.35. The Morgan fingerprint density at radius 1 is 0.967 bits per heavy atom. The molecule has 6 nitrogen and oxygen atoms in total. The average Bonchev–Trinajstić information content (AvgIpc) is 3.30. The lowest BCUT2D eigenvalue weighted by Crippen LogP contribution is -2.52. The Balaban J connectivity index is 1.28. The summed E-state index contributed by atoms with van der Waals surface area (Å²) >= 11 is 0. The second-order valence-electron chi connectivity index (χ2n) is 8.99. The van der Waals surface area contributed by atoms with Crippen molar-refractivity contribution in [3.05, 3.63) is 29.6 Å². The summed E-state index contributed by atoms with van der Waals surface area (Å²) in [4.78, 5) is 31.3. The van der Waals surface area contributed by atoms with E-state index in [1.54, 1.807) is 6.07 Å². The number of nitrogens with zero attached hydrogens (tertiary/aromatic N) is 3. The topological polar surface area (TPSA) is 55.9 Å². The SMILES string of the molecule is Cc1ccc(F)c(N2CCCC(NC(=O)C3CCN(C(=O)N4CCCC4)CC3)C2)c1. The number of hydrogen-bond donors (Lipinski definition) is 1. The summed E-state index contributed by atoms with van der Waals surface area (Å²) < 4.78 is 14.3.